The first kappa shape index (κ1) is 15.0. The monoisotopic (exact) mass is 351 g/mol. The number of hydrogen-bond acceptors (Lipinski definition) is 5. The molecule has 20 heavy (non-hydrogen) atoms. The number of aromatic nitrogens is 1. The molecule has 2 rings (SSSR count). The van der Waals surface area contributed by atoms with Gasteiger partial charge in [0.25, 0.3) is 0 Å². The number of benzene rings is 1. The zero-order valence-electron chi connectivity index (χ0n) is 10.7. The first-order chi connectivity index (χ1) is 9.79. The summed E-state index contributed by atoms with van der Waals surface area (Å²) in [5.41, 5.74) is 3.89. The van der Waals surface area contributed by atoms with Crippen molar-refractivity contribution < 1.29 is 5.11 Å². The van der Waals surface area contributed by atoms with Gasteiger partial charge in [0.1, 0.15) is 5.82 Å². The molecular weight excluding hydrogens is 338 g/mol. The zero-order chi connectivity index (χ0) is 14.2. The molecule has 0 spiro atoms. The number of aliphatic hydroxyl groups excluding tert-OH is 1. The number of hydrogen-bond donors (Lipinski definition) is 2. The van der Waals surface area contributed by atoms with Crippen LogP contribution in [0, 0.1) is 0 Å². The molecule has 0 aliphatic carbocycles. The second kappa shape index (κ2) is 8.04. The molecule has 4 nitrogen and oxygen atoms in total. The molecular formula is C14H14BrN3OS. The SMILES string of the molecule is OCCSc1ccccc1/C=N/Nc1ccc(Br)cn1. The van der Waals surface area contributed by atoms with Gasteiger partial charge >= 0.3 is 0 Å². The number of aliphatic hydroxyl groups is 1. The Morgan fingerprint density at radius 1 is 1.30 bits per heavy atom. The zero-order valence-corrected chi connectivity index (χ0v) is 13.1. The number of hydrazone groups is 1. The molecule has 2 N–H and O–H groups in total. The van der Waals surface area contributed by atoms with Crippen LogP contribution >= 0.6 is 27.7 Å². The molecule has 0 saturated heterocycles. The fourth-order valence-electron chi connectivity index (χ4n) is 1.48. The fraction of sp³-hybridized carbons (Fsp3) is 0.143. The molecule has 0 fully saturated rings. The molecule has 1 aromatic carbocycles. The highest BCUT2D eigenvalue weighted by molar-refractivity contribution is 9.10. The topological polar surface area (TPSA) is 57.5 Å². The molecule has 104 valence electrons. The number of nitrogens with zero attached hydrogens (tertiary/aromatic N) is 2. The van der Waals surface area contributed by atoms with E-state index in [2.05, 4.69) is 31.4 Å². The van der Waals surface area contributed by atoms with Crippen molar-refractivity contribution in [2.75, 3.05) is 17.8 Å². The van der Waals surface area contributed by atoms with Gasteiger partial charge in [-0.25, -0.2) is 4.98 Å². The van der Waals surface area contributed by atoms with Gasteiger partial charge in [-0.1, -0.05) is 18.2 Å². The van der Waals surface area contributed by atoms with Crippen LogP contribution in [0.3, 0.4) is 0 Å². The first-order valence-corrected chi connectivity index (χ1v) is 7.81. The van der Waals surface area contributed by atoms with Crippen molar-refractivity contribution in [1.29, 1.82) is 0 Å². The van der Waals surface area contributed by atoms with Crippen molar-refractivity contribution >= 4 is 39.7 Å². The van der Waals surface area contributed by atoms with E-state index in [4.69, 9.17) is 5.11 Å². The van der Waals surface area contributed by atoms with E-state index in [-0.39, 0.29) is 6.61 Å². The predicted octanol–water partition coefficient (Wildman–Crippen LogP) is 3.37. The fourth-order valence-corrected chi connectivity index (χ4v) is 2.49. The van der Waals surface area contributed by atoms with E-state index in [1.807, 2.05) is 36.4 Å². The Morgan fingerprint density at radius 2 is 2.15 bits per heavy atom. The van der Waals surface area contributed by atoms with E-state index in [9.17, 15) is 0 Å². The second-order valence-corrected chi connectivity index (χ2v) is 5.89. The molecule has 0 bridgehead atoms. The first-order valence-electron chi connectivity index (χ1n) is 6.03. The van der Waals surface area contributed by atoms with Gasteiger partial charge in [-0.2, -0.15) is 5.10 Å². The van der Waals surface area contributed by atoms with E-state index in [0.29, 0.717) is 11.6 Å². The van der Waals surface area contributed by atoms with Gasteiger partial charge in [-0.05, 0) is 34.1 Å². The van der Waals surface area contributed by atoms with Gasteiger partial charge < -0.3 is 5.11 Å². The summed E-state index contributed by atoms with van der Waals surface area (Å²) >= 11 is 4.94. The molecule has 6 heteroatoms. The Hall–Kier alpha value is -1.37. The van der Waals surface area contributed by atoms with E-state index in [0.717, 1.165) is 14.9 Å². The van der Waals surface area contributed by atoms with Crippen LogP contribution in [0.25, 0.3) is 0 Å². The van der Waals surface area contributed by atoms with Crippen LogP contribution in [0.4, 0.5) is 5.82 Å². The minimum absolute atomic E-state index is 0.164. The number of rotatable bonds is 6. The van der Waals surface area contributed by atoms with Crippen LogP contribution in [-0.2, 0) is 0 Å². The standard InChI is InChI=1S/C14H14BrN3OS/c15-12-5-6-14(16-10-12)18-17-9-11-3-1-2-4-13(11)20-8-7-19/h1-6,9-10,19H,7-8H2,(H,16,18)/b17-9+. The van der Waals surface area contributed by atoms with Crippen molar-refractivity contribution in [1.82, 2.24) is 4.98 Å². The number of thioether (sulfide) groups is 1. The van der Waals surface area contributed by atoms with Gasteiger partial charge in [0.15, 0.2) is 0 Å². The van der Waals surface area contributed by atoms with Crippen molar-refractivity contribution in [3.8, 4) is 0 Å². The highest BCUT2D eigenvalue weighted by Gasteiger charge is 1.99. The second-order valence-electron chi connectivity index (χ2n) is 3.84. The van der Waals surface area contributed by atoms with Crippen molar-refractivity contribution in [2.24, 2.45) is 5.10 Å². The lowest BCUT2D eigenvalue weighted by Gasteiger charge is -2.04. The van der Waals surface area contributed by atoms with E-state index in [1.54, 1.807) is 24.2 Å². The maximum atomic E-state index is 8.89. The third-order valence-electron chi connectivity index (χ3n) is 2.38. The van der Waals surface area contributed by atoms with E-state index < -0.39 is 0 Å². The molecule has 0 radical (unpaired) electrons. The van der Waals surface area contributed by atoms with Gasteiger partial charge in [-0.3, -0.25) is 5.43 Å². The summed E-state index contributed by atoms with van der Waals surface area (Å²) in [6.45, 7) is 0.164. The Morgan fingerprint density at radius 3 is 2.90 bits per heavy atom. The quantitative estimate of drug-likeness (QED) is 0.475. The number of pyridine rings is 1. The summed E-state index contributed by atoms with van der Waals surface area (Å²) in [6, 6.07) is 11.7. The minimum Gasteiger partial charge on any atom is -0.396 e. The summed E-state index contributed by atoms with van der Waals surface area (Å²) in [7, 11) is 0. The Bertz CT molecular complexity index is 575. The average Bonchev–Trinajstić information content (AvgIpc) is 2.48. The van der Waals surface area contributed by atoms with Crippen LogP contribution < -0.4 is 5.43 Å². The lowest BCUT2D eigenvalue weighted by molar-refractivity contribution is 0.322. The Labute approximate surface area is 130 Å². The summed E-state index contributed by atoms with van der Waals surface area (Å²) in [4.78, 5) is 5.26. The maximum Gasteiger partial charge on any atom is 0.146 e. The summed E-state index contributed by atoms with van der Waals surface area (Å²) in [5, 5.41) is 13.1. The lowest BCUT2D eigenvalue weighted by atomic mass is 10.2. The molecule has 1 aromatic heterocycles. The van der Waals surface area contributed by atoms with Crippen LogP contribution in [0.5, 0.6) is 0 Å². The largest absolute Gasteiger partial charge is 0.396 e. The molecule has 0 atom stereocenters. The maximum absolute atomic E-state index is 8.89. The number of anilines is 1. The Kier molecular flexibility index (Phi) is 6.04. The normalized spacial score (nSPS) is 10.9. The van der Waals surface area contributed by atoms with E-state index in [1.165, 1.54) is 0 Å². The molecule has 1 heterocycles. The van der Waals surface area contributed by atoms with Crippen molar-refractivity contribution in [2.45, 2.75) is 4.90 Å². The summed E-state index contributed by atoms with van der Waals surface area (Å²) in [5.74, 6) is 1.36. The van der Waals surface area contributed by atoms with Crippen LogP contribution in [-0.4, -0.2) is 28.7 Å². The molecule has 0 aliphatic heterocycles. The molecule has 0 saturated carbocycles. The average molecular weight is 352 g/mol. The van der Waals surface area contributed by atoms with Gasteiger partial charge in [0, 0.05) is 26.9 Å². The highest BCUT2D eigenvalue weighted by Crippen LogP contribution is 2.20. The predicted molar refractivity (Wildman–Crippen MR) is 87.4 cm³/mol. The van der Waals surface area contributed by atoms with Gasteiger partial charge in [-0.15, -0.1) is 11.8 Å². The van der Waals surface area contributed by atoms with Crippen molar-refractivity contribution in [3.63, 3.8) is 0 Å². The molecule has 2 aromatic rings. The van der Waals surface area contributed by atoms with Crippen LogP contribution in [0.15, 0.2) is 57.1 Å². The highest BCUT2D eigenvalue weighted by atomic mass is 79.9. The van der Waals surface area contributed by atoms with Gasteiger partial charge in [0.2, 0.25) is 0 Å². The van der Waals surface area contributed by atoms with Gasteiger partial charge in [0.05, 0.1) is 12.8 Å². The van der Waals surface area contributed by atoms with Crippen LogP contribution in [0.1, 0.15) is 5.56 Å². The molecule has 0 unspecified atom stereocenters. The van der Waals surface area contributed by atoms with Crippen molar-refractivity contribution in [3.05, 3.63) is 52.6 Å². The smallest absolute Gasteiger partial charge is 0.146 e. The number of halogens is 1. The third kappa shape index (κ3) is 4.63. The number of nitrogens with one attached hydrogen (secondary N) is 1. The molecule has 0 amide bonds. The Balaban J connectivity index is 2.01. The van der Waals surface area contributed by atoms with Crippen LogP contribution in [0.2, 0.25) is 0 Å². The summed E-state index contributed by atoms with van der Waals surface area (Å²) in [6.07, 6.45) is 3.46. The van der Waals surface area contributed by atoms with E-state index >= 15 is 0 Å². The third-order valence-corrected chi connectivity index (χ3v) is 3.92. The lowest BCUT2D eigenvalue weighted by Crippen LogP contribution is -1.95. The molecule has 0 aliphatic rings. The summed E-state index contributed by atoms with van der Waals surface area (Å²) < 4.78 is 0.928. The minimum atomic E-state index is 0.164.